The Bertz CT molecular complexity index is 995. The smallest absolute Gasteiger partial charge is 0.270 e. The van der Waals surface area contributed by atoms with E-state index in [1.54, 1.807) is 12.1 Å². The number of nitrogens with zero attached hydrogens (tertiary/aromatic N) is 1. The van der Waals surface area contributed by atoms with Crippen molar-refractivity contribution >= 4 is 23.1 Å². The lowest BCUT2D eigenvalue weighted by molar-refractivity contribution is -0.115. The van der Waals surface area contributed by atoms with Crippen LogP contribution in [0.2, 0.25) is 0 Å². The number of rotatable bonds is 6. The summed E-state index contributed by atoms with van der Waals surface area (Å²) in [6, 6.07) is 13.5. The first-order valence-corrected chi connectivity index (χ1v) is 9.72. The number of benzene rings is 1. The summed E-state index contributed by atoms with van der Waals surface area (Å²) in [5.74, 6) is -0.367. The Labute approximate surface area is 170 Å². The molecule has 0 unspecified atom stereocenters. The number of carbonyl (C=O) groups is 2. The lowest BCUT2D eigenvalue weighted by Gasteiger charge is -2.10. The summed E-state index contributed by atoms with van der Waals surface area (Å²) in [4.78, 5) is 32.4. The molecular formula is C23H26N4O2. The molecule has 150 valence electrons. The van der Waals surface area contributed by atoms with Crippen LogP contribution in [0.5, 0.6) is 0 Å². The Morgan fingerprint density at radius 2 is 1.45 bits per heavy atom. The SMILES string of the molecule is CC(C)NC(=O)C1=N/C(=C(\c2ccccc2)c2ccc(C(=O)NC(C)C)[nH]2)C=C1. The molecule has 0 spiro atoms. The second-order valence-corrected chi connectivity index (χ2v) is 7.50. The van der Waals surface area contributed by atoms with E-state index in [1.807, 2.05) is 70.2 Å². The molecule has 29 heavy (non-hydrogen) atoms. The van der Waals surface area contributed by atoms with E-state index in [2.05, 4.69) is 20.6 Å². The van der Waals surface area contributed by atoms with E-state index in [1.165, 1.54) is 0 Å². The molecule has 1 aliphatic rings. The van der Waals surface area contributed by atoms with Crippen molar-refractivity contribution < 1.29 is 9.59 Å². The van der Waals surface area contributed by atoms with Gasteiger partial charge in [0.1, 0.15) is 11.4 Å². The third kappa shape index (κ3) is 4.90. The number of aliphatic imine (C=N–C) groups is 1. The summed E-state index contributed by atoms with van der Waals surface area (Å²) >= 11 is 0. The molecule has 2 heterocycles. The molecule has 1 aromatic carbocycles. The van der Waals surface area contributed by atoms with Crippen LogP contribution in [0.15, 0.2) is 65.3 Å². The maximum Gasteiger partial charge on any atom is 0.270 e. The minimum absolute atomic E-state index is 0.0330. The normalized spacial score (nSPS) is 14.9. The van der Waals surface area contributed by atoms with Gasteiger partial charge in [0.15, 0.2) is 0 Å². The molecule has 0 atom stereocenters. The molecule has 0 radical (unpaired) electrons. The Hall–Kier alpha value is -3.41. The second-order valence-electron chi connectivity index (χ2n) is 7.50. The van der Waals surface area contributed by atoms with Crippen molar-refractivity contribution in [3.05, 3.63) is 77.3 Å². The van der Waals surface area contributed by atoms with E-state index < -0.39 is 0 Å². The zero-order valence-corrected chi connectivity index (χ0v) is 17.1. The Morgan fingerprint density at radius 3 is 2.10 bits per heavy atom. The zero-order chi connectivity index (χ0) is 21.0. The monoisotopic (exact) mass is 390 g/mol. The van der Waals surface area contributed by atoms with Crippen molar-refractivity contribution in [3.8, 4) is 0 Å². The van der Waals surface area contributed by atoms with Crippen LogP contribution in [0.3, 0.4) is 0 Å². The predicted molar refractivity (Wildman–Crippen MR) is 116 cm³/mol. The van der Waals surface area contributed by atoms with E-state index in [-0.39, 0.29) is 23.9 Å². The lowest BCUT2D eigenvalue weighted by Crippen LogP contribution is -2.34. The first-order chi connectivity index (χ1) is 13.8. The van der Waals surface area contributed by atoms with Crippen LogP contribution in [0.4, 0.5) is 0 Å². The third-order valence-electron chi connectivity index (χ3n) is 4.23. The fourth-order valence-corrected chi connectivity index (χ4v) is 3.02. The van der Waals surface area contributed by atoms with Gasteiger partial charge in [-0.2, -0.15) is 0 Å². The molecule has 0 bridgehead atoms. The molecule has 2 amide bonds. The van der Waals surface area contributed by atoms with Crippen molar-refractivity contribution in [2.75, 3.05) is 0 Å². The minimum Gasteiger partial charge on any atom is -0.350 e. The lowest BCUT2D eigenvalue weighted by atomic mass is 10.0. The number of amides is 2. The second kappa shape index (κ2) is 8.73. The standard InChI is InChI=1S/C23H26N4O2/c1-14(2)24-22(28)19-12-10-17(26-19)21(16-8-6-5-7-9-16)18-11-13-20(27-18)23(29)25-15(3)4/h5-15,26H,1-4H3,(H,24,28)(H,25,29)/b21-18+. The molecule has 3 rings (SSSR count). The number of hydrogen-bond donors (Lipinski definition) is 3. The maximum atomic E-state index is 12.3. The fourth-order valence-electron chi connectivity index (χ4n) is 3.02. The third-order valence-corrected chi connectivity index (χ3v) is 4.23. The van der Waals surface area contributed by atoms with E-state index in [0.29, 0.717) is 17.1 Å². The van der Waals surface area contributed by atoms with Gasteiger partial charge < -0.3 is 15.6 Å². The van der Waals surface area contributed by atoms with Crippen LogP contribution < -0.4 is 10.6 Å². The highest BCUT2D eigenvalue weighted by atomic mass is 16.2. The van der Waals surface area contributed by atoms with Gasteiger partial charge in [-0.25, -0.2) is 4.99 Å². The highest BCUT2D eigenvalue weighted by Gasteiger charge is 2.20. The summed E-state index contributed by atoms with van der Waals surface area (Å²) in [5.41, 5.74) is 4.05. The van der Waals surface area contributed by atoms with E-state index >= 15 is 0 Å². The van der Waals surface area contributed by atoms with Crippen LogP contribution in [0.25, 0.3) is 5.57 Å². The number of allylic oxidation sites excluding steroid dienone is 1. The van der Waals surface area contributed by atoms with Gasteiger partial charge in [0, 0.05) is 23.4 Å². The molecule has 0 saturated heterocycles. The minimum atomic E-state index is -0.206. The topological polar surface area (TPSA) is 86.3 Å². The molecule has 3 N–H and O–H groups in total. The molecule has 0 fully saturated rings. The van der Waals surface area contributed by atoms with Crippen molar-refractivity contribution in [2.24, 2.45) is 4.99 Å². The molecule has 0 saturated carbocycles. The summed E-state index contributed by atoms with van der Waals surface area (Å²) in [6.45, 7) is 7.65. The van der Waals surface area contributed by atoms with Gasteiger partial charge in [-0.3, -0.25) is 9.59 Å². The number of nitrogens with one attached hydrogen (secondary N) is 3. The van der Waals surface area contributed by atoms with Crippen LogP contribution in [-0.4, -0.2) is 34.6 Å². The molecule has 6 nitrogen and oxygen atoms in total. The first kappa shape index (κ1) is 20.3. The van der Waals surface area contributed by atoms with Gasteiger partial charge in [0.05, 0.1) is 5.70 Å². The largest absolute Gasteiger partial charge is 0.350 e. The Morgan fingerprint density at radius 1 is 0.828 bits per heavy atom. The van der Waals surface area contributed by atoms with Crippen molar-refractivity contribution in [1.29, 1.82) is 0 Å². The van der Waals surface area contributed by atoms with Crippen LogP contribution in [0, 0.1) is 0 Å². The van der Waals surface area contributed by atoms with Gasteiger partial charge in [0.25, 0.3) is 11.8 Å². The average molecular weight is 390 g/mol. The molecule has 2 aromatic rings. The molecule has 0 aliphatic carbocycles. The van der Waals surface area contributed by atoms with Crippen LogP contribution in [0.1, 0.15) is 49.4 Å². The highest BCUT2D eigenvalue weighted by molar-refractivity contribution is 6.44. The van der Waals surface area contributed by atoms with Crippen molar-refractivity contribution in [2.45, 2.75) is 39.8 Å². The predicted octanol–water partition coefficient (Wildman–Crippen LogP) is 3.45. The molecule has 1 aliphatic heterocycles. The average Bonchev–Trinajstić information content (AvgIpc) is 3.32. The van der Waals surface area contributed by atoms with E-state index in [0.717, 1.165) is 16.8 Å². The van der Waals surface area contributed by atoms with Gasteiger partial charge in [0.2, 0.25) is 0 Å². The number of aromatic amines is 1. The highest BCUT2D eigenvalue weighted by Crippen LogP contribution is 2.29. The number of H-pyrrole nitrogens is 1. The van der Waals surface area contributed by atoms with Gasteiger partial charge in [-0.05, 0) is 57.5 Å². The number of hydrogen-bond acceptors (Lipinski definition) is 3. The number of aromatic nitrogens is 1. The van der Waals surface area contributed by atoms with E-state index in [4.69, 9.17) is 0 Å². The van der Waals surface area contributed by atoms with Crippen molar-refractivity contribution in [1.82, 2.24) is 15.6 Å². The zero-order valence-electron chi connectivity index (χ0n) is 17.1. The van der Waals surface area contributed by atoms with Gasteiger partial charge >= 0.3 is 0 Å². The molecular weight excluding hydrogens is 364 g/mol. The maximum absolute atomic E-state index is 12.3. The van der Waals surface area contributed by atoms with E-state index in [9.17, 15) is 9.59 Å². The van der Waals surface area contributed by atoms with Crippen molar-refractivity contribution in [3.63, 3.8) is 0 Å². The molecule has 1 aromatic heterocycles. The summed E-state index contributed by atoms with van der Waals surface area (Å²) in [7, 11) is 0. The Kier molecular flexibility index (Phi) is 6.12. The summed E-state index contributed by atoms with van der Waals surface area (Å²) < 4.78 is 0. The summed E-state index contributed by atoms with van der Waals surface area (Å²) in [6.07, 6.45) is 3.54. The Balaban J connectivity index is 2.02. The van der Waals surface area contributed by atoms with Gasteiger partial charge in [-0.1, -0.05) is 30.3 Å². The molecule has 6 heteroatoms. The first-order valence-electron chi connectivity index (χ1n) is 9.72. The fraction of sp³-hybridized carbons (Fsp3) is 0.261. The van der Waals surface area contributed by atoms with Crippen LogP contribution >= 0.6 is 0 Å². The quantitative estimate of drug-likeness (QED) is 0.706. The number of carbonyl (C=O) groups excluding carboxylic acids is 2. The summed E-state index contributed by atoms with van der Waals surface area (Å²) in [5, 5.41) is 5.74. The van der Waals surface area contributed by atoms with Gasteiger partial charge in [-0.15, -0.1) is 0 Å². The van der Waals surface area contributed by atoms with Crippen LogP contribution in [-0.2, 0) is 4.79 Å².